The number of aromatic nitrogens is 14. The molecule has 0 saturated carbocycles. The van der Waals surface area contributed by atoms with Crippen LogP contribution in [0.2, 0.25) is 0 Å². The van der Waals surface area contributed by atoms with Crippen LogP contribution in [0.15, 0.2) is 172 Å². The lowest BCUT2D eigenvalue weighted by Gasteiger charge is -2.14. The quantitative estimate of drug-likeness (QED) is 0.0820. The lowest BCUT2D eigenvalue weighted by molar-refractivity contribution is 0.331. The molecule has 0 amide bonds. The first-order valence-electron chi connectivity index (χ1n) is 25.9. The number of likely N-dealkylation sites (tertiary alicyclic amines) is 1. The van der Waals surface area contributed by atoms with E-state index in [0.29, 0.717) is 50.4 Å². The Bertz CT molecular complexity index is 4300. The van der Waals surface area contributed by atoms with Gasteiger partial charge in [-0.05, 0) is 121 Å². The third kappa shape index (κ3) is 10.1. The van der Waals surface area contributed by atoms with Crippen LogP contribution in [0.3, 0.4) is 0 Å². The lowest BCUT2D eigenvalue weighted by Crippen LogP contribution is -2.18. The molecule has 0 unspecified atom stereocenters. The molecular formula is C61H50F2N16. The fourth-order valence-corrected chi connectivity index (χ4v) is 9.87. The molecule has 0 atom stereocenters. The number of anilines is 1. The van der Waals surface area contributed by atoms with Crippen molar-refractivity contribution in [3.8, 4) is 67.8 Å². The molecule has 0 radical (unpaired) electrons. The summed E-state index contributed by atoms with van der Waals surface area (Å²) in [6.45, 7) is 11.2. The van der Waals surface area contributed by atoms with Gasteiger partial charge in [-0.15, -0.1) is 0 Å². The molecular weight excluding hydrogens is 995 g/mol. The molecule has 79 heavy (non-hydrogen) atoms. The third-order valence-corrected chi connectivity index (χ3v) is 13.6. The molecule has 11 heterocycles. The minimum atomic E-state index is -0.423. The molecule has 16 nitrogen and oxygen atoms in total. The van der Waals surface area contributed by atoms with E-state index >= 15 is 8.78 Å². The van der Waals surface area contributed by atoms with Gasteiger partial charge in [0, 0.05) is 101 Å². The SMILES string of the molecule is C=C(Nc1cncc(-c2cc(F)c3[nH]nc(-c4nc5c(-c6ccncc6)nccc5[nH]4)c3c2)c1)c1ccccc1.CC.Fc1cc(-c2cncc(CN3CCCC3)c2)cc2c(-c3nc4c(-c5ccncc5)nccc4[nH]3)[nH]nc12. The number of fused-ring (bicyclic) bond motifs is 4. The minimum absolute atomic E-state index is 0.271. The number of benzene rings is 3. The summed E-state index contributed by atoms with van der Waals surface area (Å²) < 4.78 is 30.5. The number of imidazole rings is 2. The van der Waals surface area contributed by atoms with E-state index in [1.54, 1.807) is 55.8 Å². The molecule has 0 aliphatic carbocycles. The van der Waals surface area contributed by atoms with Crippen LogP contribution in [0.4, 0.5) is 14.5 Å². The fraction of sp³-hybridized carbons (Fsp3) is 0.115. The van der Waals surface area contributed by atoms with Crippen molar-refractivity contribution in [1.29, 1.82) is 0 Å². The van der Waals surface area contributed by atoms with Gasteiger partial charge in [-0.1, -0.05) is 50.8 Å². The number of pyridine rings is 6. The van der Waals surface area contributed by atoms with E-state index in [9.17, 15) is 0 Å². The number of H-pyrrole nitrogens is 4. The molecule has 0 spiro atoms. The second-order valence-electron chi connectivity index (χ2n) is 18.7. The number of rotatable bonds is 11. The smallest absolute Gasteiger partial charge is 0.159 e. The summed E-state index contributed by atoms with van der Waals surface area (Å²) >= 11 is 0. The molecule has 1 saturated heterocycles. The standard InChI is InChI=1S/C31H21FN8.C28H23FN8.C2H6/c1-18(19-5-3-2-4-6-19)36-23-13-22(16-34-17-23)21-14-24-28(25(32)15-21)39-40-29(24)31-37-26-9-12-35-27(30(26)38-31)20-7-10-33-11-8-20;29-22-13-19(20-11-17(14-31-15-20)16-37-9-1-2-10-37)12-21-25(22)35-36-26(21)28-33-23-5-8-32-24(27(23)34-28)18-3-6-30-7-4-18;1-2/h2-17,36H,1H2,(H,37,38)(H,39,40);3-8,11-15H,1-2,9-10,16H2,(H,33,34)(H,35,36);1-2H3. The Balaban J connectivity index is 0.000000153. The Morgan fingerprint density at radius 1 is 0.557 bits per heavy atom. The molecule has 3 aromatic carbocycles. The van der Waals surface area contributed by atoms with Crippen molar-refractivity contribution in [1.82, 2.24) is 75.1 Å². The Labute approximate surface area is 451 Å². The van der Waals surface area contributed by atoms with Crippen molar-refractivity contribution >= 4 is 55.3 Å². The van der Waals surface area contributed by atoms with E-state index in [1.807, 2.05) is 105 Å². The summed E-state index contributed by atoms with van der Waals surface area (Å²) in [6, 6.07) is 31.9. The van der Waals surface area contributed by atoms with Gasteiger partial charge in [0.15, 0.2) is 17.5 Å². The van der Waals surface area contributed by atoms with Crippen LogP contribution in [-0.4, -0.2) is 88.2 Å². The predicted octanol–water partition coefficient (Wildman–Crippen LogP) is 13.2. The van der Waals surface area contributed by atoms with Crippen molar-refractivity contribution in [2.75, 3.05) is 18.4 Å². The number of hydrogen-bond acceptors (Lipinski definition) is 12. The van der Waals surface area contributed by atoms with Gasteiger partial charge in [-0.2, -0.15) is 10.2 Å². The van der Waals surface area contributed by atoms with Gasteiger partial charge in [0.25, 0.3) is 0 Å². The highest BCUT2D eigenvalue weighted by atomic mass is 19.1. The van der Waals surface area contributed by atoms with Crippen LogP contribution in [0, 0.1) is 11.6 Å². The van der Waals surface area contributed by atoms with E-state index in [0.717, 1.165) is 97.9 Å². The fourth-order valence-electron chi connectivity index (χ4n) is 9.87. The topological polar surface area (TPSA) is 207 Å². The zero-order chi connectivity index (χ0) is 53.8. The van der Waals surface area contributed by atoms with Crippen LogP contribution in [-0.2, 0) is 6.54 Å². The second kappa shape index (κ2) is 21.8. The molecule has 1 fully saturated rings. The number of halogens is 2. The molecule has 14 rings (SSSR count). The van der Waals surface area contributed by atoms with Crippen LogP contribution >= 0.6 is 0 Å². The molecule has 10 aromatic heterocycles. The lowest BCUT2D eigenvalue weighted by atomic mass is 10.0. The Morgan fingerprint density at radius 3 is 1.85 bits per heavy atom. The predicted molar refractivity (Wildman–Crippen MR) is 306 cm³/mol. The van der Waals surface area contributed by atoms with Crippen molar-refractivity contribution in [3.05, 3.63) is 194 Å². The first kappa shape index (κ1) is 49.7. The van der Waals surface area contributed by atoms with Crippen LogP contribution in [0.5, 0.6) is 0 Å². The van der Waals surface area contributed by atoms with Crippen LogP contribution in [0.25, 0.3) is 117 Å². The maximum atomic E-state index is 15.3. The van der Waals surface area contributed by atoms with Crippen LogP contribution in [0.1, 0.15) is 37.8 Å². The first-order valence-corrected chi connectivity index (χ1v) is 25.9. The van der Waals surface area contributed by atoms with Gasteiger partial charge in [0.2, 0.25) is 0 Å². The molecule has 1 aliphatic heterocycles. The highest BCUT2D eigenvalue weighted by Crippen LogP contribution is 2.36. The highest BCUT2D eigenvalue weighted by molar-refractivity contribution is 5.99. The molecule has 0 bridgehead atoms. The minimum Gasteiger partial charge on any atom is -0.354 e. The van der Waals surface area contributed by atoms with Gasteiger partial charge >= 0.3 is 0 Å². The number of nitrogens with zero attached hydrogens (tertiary/aromatic N) is 11. The Hall–Kier alpha value is -10.2. The summed E-state index contributed by atoms with van der Waals surface area (Å²) in [5, 5.41) is 19.0. The first-order chi connectivity index (χ1) is 38.9. The highest BCUT2D eigenvalue weighted by Gasteiger charge is 2.21. The normalized spacial score (nSPS) is 12.4. The summed E-state index contributed by atoms with van der Waals surface area (Å²) in [5.41, 5.74) is 14.6. The van der Waals surface area contributed by atoms with E-state index in [4.69, 9.17) is 9.97 Å². The van der Waals surface area contributed by atoms with Gasteiger partial charge in [-0.3, -0.25) is 45.0 Å². The average Bonchev–Trinajstić information content (AvgIpc) is 4.56. The van der Waals surface area contributed by atoms with Crippen molar-refractivity contribution < 1.29 is 8.78 Å². The maximum absolute atomic E-state index is 15.3. The Kier molecular flexibility index (Phi) is 13.7. The zero-order valence-electron chi connectivity index (χ0n) is 43.0. The molecule has 1 aliphatic rings. The van der Waals surface area contributed by atoms with Crippen molar-refractivity contribution in [2.45, 2.75) is 33.2 Å². The van der Waals surface area contributed by atoms with Crippen molar-refractivity contribution in [2.24, 2.45) is 0 Å². The summed E-state index contributed by atoms with van der Waals surface area (Å²) in [6.07, 6.45) is 19.9. The van der Waals surface area contributed by atoms with Gasteiger partial charge in [-0.25, -0.2) is 18.7 Å². The largest absolute Gasteiger partial charge is 0.354 e. The number of hydrogen-bond donors (Lipinski definition) is 5. The monoisotopic (exact) mass is 1040 g/mol. The van der Waals surface area contributed by atoms with Gasteiger partial charge in [0.1, 0.15) is 39.3 Å². The summed E-state index contributed by atoms with van der Waals surface area (Å²) in [5.74, 6) is 0.260. The van der Waals surface area contributed by atoms with Gasteiger partial charge < -0.3 is 15.3 Å². The van der Waals surface area contributed by atoms with E-state index in [2.05, 4.69) is 83.1 Å². The number of aromatic amines is 4. The van der Waals surface area contributed by atoms with E-state index in [1.165, 1.54) is 25.0 Å². The van der Waals surface area contributed by atoms with Gasteiger partial charge in [0.05, 0.1) is 34.3 Å². The zero-order valence-corrected chi connectivity index (χ0v) is 43.0. The van der Waals surface area contributed by atoms with Crippen molar-refractivity contribution in [3.63, 3.8) is 0 Å². The summed E-state index contributed by atoms with van der Waals surface area (Å²) in [4.78, 5) is 44.8. The molecule has 388 valence electrons. The summed E-state index contributed by atoms with van der Waals surface area (Å²) in [7, 11) is 0. The van der Waals surface area contributed by atoms with E-state index < -0.39 is 11.6 Å². The van der Waals surface area contributed by atoms with E-state index in [-0.39, 0.29) is 5.52 Å². The molecule has 18 heteroatoms. The Morgan fingerprint density at radius 2 is 1.16 bits per heavy atom. The second-order valence-corrected chi connectivity index (χ2v) is 18.7. The third-order valence-electron chi connectivity index (χ3n) is 13.6. The molecule has 5 N–H and O–H groups in total. The average molecular weight is 1050 g/mol. The number of nitrogens with one attached hydrogen (secondary N) is 5. The van der Waals surface area contributed by atoms with Crippen LogP contribution < -0.4 is 5.32 Å². The molecule has 13 aromatic rings. The maximum Gasteiger partial charge on any atom is 0.159 e.